The molecule has 2 aromatic carbocycles. The van der Waals surface area contributed by atoms with Crippen molar-refractivity contribution in [2.75, 3.05) is 0 Å². The smallest absolute Gasteiger partial charge is 0.191 e. The lowest BCUT2D eigenvalue weighted by Gasteiger charge is -2.00. The molecular formula is C13H16BO2. The first-order chi connectivity index (χ1) is 6.84. The third-order valence-electron chi connectivity index (χ3n) is 2.21. The van der Waals surface area contributed by atoms with E-state index in [9.17, 15) is 0 Å². The van der Waals surface area contributed by atoms with E-state index in [1.807, 2.05) is 6.07 Å². The Balaban J connectivity index is 0.00000112. The molecule has 0 atom stereocenters. The van der Waals surface area contributed by atoms with Crippen molar-refractivity contribution in [1.82, 2.24) is 0 Å². The summed E-state index contributed by atoms with van der Waals surface area (Å²) in [6.07, 6.45) is 0. The van der Waals surface area contributed by atoms with Crippen molar-refractivity contribution in [3.05, 3.63) is 60.2 Å². The van der Waals surface area contributed by atoms with E-state index >= 15 is 0 Å². The molecule has 0 heterocycles. The first-order valence-corrected chi connectivity index (χ1v) is 4.81. The number of hydrogen-bond acceptors (Lipinski definition) is 0. The zero-order valence-electron chi connectivity index (χ0n) is 9.27. The van der Waals surface area contributed by atoms with E-state index in [1.54, 1.807) is 0 Å². The summed E-state index contributed by atoms with van der Waals surface area (Å²) < 4.78 is 0. The highest BCUT2D eigenvalue weighted by atomic mass is 16.0. The van der Waals surface area contributed by atoms with Gasteiger partial charge < -0.3 is 11.0 Å². The van der Waals surface area contributed by atoms with Crippen molar-refractivity contribution in [2.45, 2.75) is 6.92 Å². The molecule has 1 radical (unpaired) electrons. The van der Waals surface area contributed by atoms with Gasteiger partial charge in [-0.25, -0.2) is 0 Å². The van der Waals surface area contributed by atoms with Crippen LogP contribution in [0, 0.1) is 6.92 Å². The van der Waals surface area contributed by atoms with Gasteiger partial charge in [-0.05, 0) is 6.92 Å². The van der Waals surface area contributed by atoms with E-state index in [0.29, 0.717) is 0 Å². The van der Waals surface area contributed by atoms with Crippen molar-refractivity contribution in [2.24, 2.45) is 0 Å². The third-order valence-corrected chi connectivity index (χ3v) is 2.21. The first kappa shape index (κ1) is 14.4. The van der Waals surface area contributed by atoms with Crippen molar-refractivity contribution in [3.8, 4) is 0 Å². The normalized spacial score (nSPS) is 8.56. The van der Waals surface area contributed by atoms with Crippen LogP contribution in [0.5, 0.6) is 0 Å². The second kappa shape index (κ2) is 6.83. The van der Waals surface area contributed by atoms with Crippen LogP contribution in [0.1, 0.15) is 5.56 Å². The van der Waals surface area contributed by atoms with Gasteiger partial charge in [-0.2, -0.15) is 0 Å². The van der Waals surface area contributed by atoms with E-state index in [-0.39, 0.29) is 11.0 Å². The number of hydrogen-bond donors (Lipinski definition) is 0. The lowest BCUT2D eigenvalue weighted by atomic mass is 9.64. The molecule has 0 amide bonds. The molecule has 0 aromatic heterocycles. The Kier molecular flexibility index (Phi) is 6.15. The van der Waals surface area contributed by atoms with E-state index in [0.717, 1.165) is 0 Å². The summed E-state index contributed by atoms with van der Waals surface area (Å²) in [6.45, 7) is 2.10. The van der Waals surface area contributed by atoms with Crippen molar-refractivity contribution < 1.29 is 11.0 Å². The number of benzene rings is 2. The highest BCUT2D eigenvalue weighted by Gasteiger charge is 1.96. The lowest BCUT2D eigenvalue weighted by molar-refractivity contribution is 0.823. The molecule has 0 aliphatic carbocycles. The van der Waals surface area contributed by atoms with Gasteiger partial charge in [0, 0.05) is 0 Å². The second-order valence-corrected chi connectivity index (χ2v) is 3.47. The summed E-state index contributed by atoms with van der Waals surface area (Å²) in [5, 5.41) is 0. The molecule has 0 spiro atoms. The van der Waals surface area contributed by atoms with E-state index in [4.69, 9.17) is 0 Å². The summed E-state index contributed by atoms with van der Waals surface area (Å²) >= 11 is 0. The first-order valence-electron chi connectivity index (χ1n) is 4.81. The topological polar surface area (TPSA) is 63.0 Å². The molecule has 0 fully saturated rings. The standard InChI is InChI=1S/C13H12B.2H2O/c1-11-7-9-13(10-8-11)14-12-5-3-2-4-6-12;;/h2-10H,1H3;2*1H2. The lowest BCUT2D eigenvalue weighted by Crippen LogP contribution is -2.26. The molecule has 0 unspecified atom stereocenters. The average Bonchev–Trinajstić information content (AvgIpc) is 2.23. The predicted octanol–water partition coefficient (Wildman–Crippen LogP) is 0.000620. The van der Waals surface area contributed by atoms with Crippen LogP contribution in [0.25, 0.3) is 0 Å². The van der Waals surface area contributed by atoms with Crippen LogP contribution in [0.4, 0.5) is 0 Å². The van der Waals surface area contributed by atoms with Crippen molar-refractivity contribution in [1.29, 1.82) is 0 Å². The summed E-state index contributed by atoms with van der Waals surface area (Å²) in [5.41, 5.74) is 3.80. The van der Waals surface area contributed by atoms with Crippen LogP contribution in [0.3, 0.4) is 0 Å². The molecule has 0 aliphatic heterocycles. The minimum Gasteiger partial charge on any atom is -0.412 e. The molecule has 2 aromatic rings. The number of rotatable bonds is 2. The molecule has 0 saturated heterocycles. The minimum atomic E-state index is 0. The maximum atomic E-state index is 2.18. The zero-order valence-corrected chi connectivity index (χ0v) is 9.27. The second-order valence-electron chi connectivity index (χ2n) is 3.47. The molecule has 2 rings (SSSR count). The molecular weight excluding hydrogens is 199 g/mol. The fourth-order valence-corrected chi connectivity index (χ4v) is 1.40. The van der Waals surface area contributed by atoms with Crippen LogP contribution >= 0.6 is 0 Å². The fourth-order valence-electron chi connectivity index (χ4n) is 1.40. The van der Waals surface area contributed by atoms with E-state index < -0.39 is 0 Å². The average molecular weight is 215 g/mol. The van der Waals surface area contributed by atoms with Gasteiger partial charge in [0.25, 0.3) is 0 Å². The Labute approximate surface area is 96.8 Å². The number of aryl methyl sites for hydroxylation is 1. The summed E-state index contributed by atoms with van der Waals surface area (Å²) in [7, 11) is 2.18. The van der Waals surface area contributed by atoms with Gasteiger partial charge in [0.1, 0.15) is 0 Å². The van der Waals surface area contributed by atoms with Crippen LogP contribution in [-0.4, -0.2) is 18.2 Å². The minimum absolute atomic E-state index is 0. The van der Waals surface area contributed by atoms with Gasteiger partial charge in [0.05, 0.1) is 0 Å². The van der Waals surface area contributed by atoms with Crippen molar-refractivity contribution in [3.63, 3.8) is 0 Å². The highest BCUT2D eigenvalue weighted by Crippen LogP contribution is 1.92. The quantitative estimate of drug-likeness (QED) is 0.633. The zero-order chi connectivity index (χ0) is 9.80. The van der Waals surface area contributed by atoms with Gasteiger partial charge in [0.2, 0.25) is 0 Å². The van der Waals surface area contributed by atoms with Gasteiger partial charge in [-0.15, -0.1) is 0 Å². The molecule has 3 heteroatoms. The van der Waals surface area contributed by atoms with Crippen LogP contribution in [0.2, 0.25) is 0 Å². The maximum absolute atomic E-state index is 2.18. The Hall–Kier alpha value is -1.58. The molecule has 2 nitrogen and oxygen atoms in total. The monoisotopic (exact) mass is 215 g/mol. The fraction of sp³-hybridized carbons (Fsp3) is 0.0769. The Morgan fingerprint density at radius 1 is 0.688 bits per heavy atom. The third kappa shape index (κ3) is 3.89. The van der Waals surface area contributed by atoms with Crippen molar-refractivity contribution >= 4 is 18.2 Å². The Morgan fingerprint density at radius 2 is 1.19 bits per heavy atom. The summed E-state index contributed by atoms with van der Waals surface area (Å²) in [4.78, 5) is 0. The molecule has 16 heavy (non-hydrogen) atoms. The van der Waals surface area contributed by atoms with E-state index in [1.165, 1.54) is 16.5 Å². The van der Waals surface area contributed by atoms with Crippen LogP contribution in [0.15, 0.2) is 54.6 Å². The summed E-state index contributed by atoms with van der Waals surface area (Å²) in [5.74, 6) is 0. The van der Waals surface area contributed by atoms with E-state index in [2.05, 4.69) is 62.7 Å². The predicted molar refractivity (Wildman–Crippen MR) is 69.9 cm³/mol. The summed E-state index contributed by atoms with van der Waals surface area (Å²) in [6, 6.07) is 18.9. The SMILES string of the molecule is Cc1ccc([B]c2ccccc2)cc1.O.O. The molecule has 0 saturated carbocycles. The van der Waals surface area contributed by atoms with Gasteiger partial charge >= 0.3 is 0 Å². The highest BCUT2D eigenvalue weighted by molar-refractivity contribution is 6.67. The molecule has 0 aliphatic rings. The maximum Gasteiger partial charge on any atom is 0.191 e. The largest absolute Gasteiger partial charge is 0.412 e. The van der Waals surface area contributed by atoms with Crippen LogP contribution < -0.4 is 10.9 Å². The molecule has 4 N–H and O–H groups in total. The van der Waals surface area contributed by atoms with Gasteiger partial charge in [-0.1, -0.05) is 71.1 Å². The van der Waals surface area contributed by atoms with Crippen LogP contribution in [-0.2, 0) is 0 Å². The van der Waals surface area contributed by atoms with Gasteiger partial charge in [0.15, 0.2) is 7.28 Å². The molecule has 83 valence electrons. The molecule has 0 bridgehead atoms. The van der Waals surface area contributed by atoms with Gasteiger partial charge in [-0.3, -0.25) is 0 Å². The Bertz CT molecular complexity index is 398. The Morgan fingerprint density at radius 3 is 1.75 bits per heavy atom.